The molecule has 0 heterocycles. The van der Waals surface area contributed by atoms with E-state index >= 15 is 0 Å². The van der Waals surface area contributed by atoms with Crippen LogP contribution < -0.4 is 0 Å². The number of rotatable bonds is 5. The van der Waals surface area contributed by atoms with E-state index in [-0.39, 0.29) is 5.57 Å². The van der Waals surface area contributed by atoms with Gasteiger partial charge in [-0.15, -0.1) is 11.8 Å². The zero-order chi connectivity index (χ0) is 13.4. The lowest BCUT2D eigenvalue weighted by atomic mass is 10.2. The molecule has 0 amide bonds. The van der Waals surface area contributed by atoms with Crippen LogP contribution in [0.25, 0.3) is 6.08 Å². The highest BCUT2D eigenvalue weighted by atomic mass is 32.2. The third-order valence-corrected chi connectivity index (χ3v) is 2.99. The first-order valence-corrected chi connectivity index (χ1v) is 6.40. The normalized spacial score (nSPS) is 11.4. The predicted octanol–water partition coefficient (Wildman–Crippen LogP) is 3.35. The second-order valence-electron chi connectivity index (χ2n) is 3.36. The monoisotopic (exact) mass is 259 g/mol. The van der Waals surface area contributed by atoms with E-state index in [0.29, 0.717) is 0 Å². The smallest absolute Gasteiger partial charge is 0.346 e. The summed E-state index contributed by atoms with van der Waals surface area (Å²) < 4.78 is 0. The first-order valence-electron chi connectivity index (χ1n) is 5.42. The van der Waals surface area contributed by atoms with Crippen molar-refractivity contribution in [2.45, 2.75) is 11.8 Å². The molecular formula is C14H13NO2S. The van der Waals surface area contributed by atoms with Crippen molar-refractivity contribution in [2.75, 3.05) is 5.75 Å². The van der Waals surface area contributed by atoms with Crippen LogP contribution >= 0.6 is 11.8 Å². The number of carbonyl (C=O) groups is 1. The topological polar surface area (TPSA) is 61.1 Å². The molecule has 0 bridgehead atoms. The molecule has 0 fully saturated rings. The highest BCUT2D eigenvalue weighted by Crippen LogP contribution is 2.18. The SMILES string of the molecule is CCSc1ccc(/C=C/C=C(\C#N)C(=O)O)cc1. The minimum atomic E-state index is -1.21. The van der Waals surface area contributed by atoms with Gasteiger partial charge in [-0.25, -0.2) is 4.79 Å². The van der Waals surface area contributed by atoms with Crippen molar-refractivity contribution in [3.05, 3.63) is 47.6 Å². The molecule has 0 saturated carbocycles. The quantitative estimate of drug-likeness (QED) is 0.381. The minimum absolute atomic E-state index is 0.274. The lowest BCUT2D eigenvalue weighted by Gasteiger charge is -1.98. The number of carboxylic acid groups (broad SMARTS) is 1. The number of hydrogen-bond acceptors (Lipinski definition) is 3. The molecule has 0 aliphatic heterocycles. The van der Waals surface area contributed by atoms with Gasteiger partial charge in [-0.2, -0.15) is 5.26 Å². The summed E-state index contributed by atoms with van der Waals surface area (Å²) in [5.41, 5.74) is 0.693. The zero-order valence-electron chi connectivity index (χ0n) is 9.96. The summed E-state index contributed by atoms with van der Waals surface area (Å²) in [6.07, 6.45) is 4.62. The van der Waals surface area contributed by atoms with Gasteiger partial charge in [0, 0.05) is 4.90 Å². The zero-order valence-corrected chi connectivity index (χ0v) is 10.8. The fourth-order valence-electron chi connectivity index (χ4n) is 1.25. The molecule has 0 aliphatic carbocycles. The molecule has 1 N–H and O–H groups in total. The standard InChI is InChI=1S/C14H13NO2S/c1-2-18-13-8-6-11(7-9-13)4-3-5-12(10-15)14(16)17/h3-9H,2H2,1H3,(H,16,17)/b4-3+,12-5+. The maximum Gasteiger partial charge on any atom is 0.346 e. The van der Waals surface area contributed by atoms with Gasteiger partial charge in [0.25, 0.3) is 0 Å². The van der Waals surface area contributed by atoms with Crippen LogP contribution in [0.2, 0.25) is 0 Å². The Morgan fingerprint density at radius 1 is 1.44 bits per heavy atom. The lowest BCUT2D eigenvalue weighted by Crippen LogP contribution is -1.96. The Morgan fingerprint density at radius 3 is 2.61 bits per heavy atom. The van der Waals surface area contributed by atoms with Crippen molar-refractivity contribution in [1.82, 2.24) is 0 Å². The molecule has 4 heteroatoms. The summed E-state index contributed by atoms with van der Waals surface area (Å²) in [5.74, 6) is -0.181. The van der Waals surface area contributed by atoms with E-state index in [9.17, 15) is 4.79 Å². The molecule has 18 heavy (non-hydrogen) atoms. The van der Waals surface area contributed by atoms with Crippen LogP contribution in [0.1, 0.15) is 12.5 Å². The highest BCUT2D eigenvalue weighted by Gasteiger charge is 2.02. The van der Waals surface area contributed by atoms with Crippen LogP contribution in [0.4, 0.5) is 0 Å². The number of hydrogen-bond donors (Lipinski definition) is 1. The Kier molecular flexibility index (Phi) is 5.75. The van der Waals surface area contributed by atoms with Gasteiger partial charge >= 0.3 is 5.97 Å². The van der Waals surface area contributed by atoms with Crippen LogP contribution in [-0.2, 0) is 4.79 Å². The molecule has 1 aromatic rings. The van der Waals surface area contributed by atoms with E-state index < -0.39 is 5.97 Å². The molecule has 1 aromatic carbocycles. The van der Waals surface area contributed by atoms with Gasteiger partial charge in [-0.1, -0.05) is 31.2 Å². The molecule has 92 valence electrons. The Bertz CT molecular complexity index is 510. The fraction of sp³-hybridized carbons (Fsp3) is 0.143. The van der Waals surface area contributed by atoms with Gasteiger partial charge < -0.3 is 5.11 Å². The summed E-state index contributed by atoms with van der Waals surface area (Å²) in [5, 5.41) is 17.2. The van der Waals surface area contributed by atoms with E-state index in [0.717, 1.165) is 11.3 Å². The van der Waals surface area contributed by atoms with Crippen LogP contribution in [0.15, 0.2) is 46.9 Å². The second-order valence-corrected chi connectivity index (χ2v) is 4.70. The summed E-state index contributed by atoms with van der Waals surface area (Å²) in [7, 11) is 0. The third-order valence-electron chi connectivity index (χ3n) is 2.09. The summed E-state index contributed by atoms with van der Waals surface area (Å²) >= 11 is 1.76. The Hall–Kier alpha value is -1.99. The van der Waals surface area contributed by atoms with Crippen LogP contribution in [-0.4, -0.2) is 16.8 Å². The lowest BCUT2D eigenvalue weighted by molar-refractivity contribution is -0.132. The number of aliphatic carboxylic acids is 1. The van der Waals surface area contributed by atoms with Crippen LogP contribution in [0.5, 0.6) is 0 Å². The Morgan fingerprint density at radius 2 is 2.11 bits per heavy atom. The summed E-state index contributed by atoms with van der Waals surface area (Å²) in [6.45, 7) is 2.10. The summed E-state index contributed by atoms with van der Waals surface area (Å²) in [6, 6.07) is 9.56. The van der Waals surface area contributed by atoms with E-state index in [1.165, 1.54) is 11.0 Å². The molecule has 3 nitrogen and oxygen atoms in total. The van der Waals surface area contributed by atoms with Crippen molar-refractivity contribution in [1.29, 1.82) is 5.26 Å². The van der Waals surface area contributed by atoms with Gasteiger partial charge in [0.1, 0.15) is 11.6 Å². The number of carboxylic acids is 1. The molecular weight excluding hydrogens is 246 g/mol. The van der Waals surface area contributed by atoms with Gasteiger partial charge in [0.15, 0.2) is 0 Å². The summed E-state index contributed by atoms with van der Waals surface area (Å²) in [4.78, 5) is 11.8. The van der Waals surface area contributed by atoms with E-state index in [1.54, 1.807) is 30.0 Å². The predicted molar refractivity (Wildman–Crippen MR) is 73.2 cm³/mol. The second kappa shape index (κ2) is 7.36. The maximum atomic E-state index is 10.6. The molecule has 0 spiro atoms. The van der Waals surface area contributed by atoms with Crippen molar-refractivity contribution >= 4 is 23.8 Å². The van der Waals surface area contributed by atoms with Crippen molar-refractivity contribution in [3.8, 4) is 6.07 Å². The van der Waals surface area contributed by atoms with Crippen molar-refractivity contribution in [3.63, 3.8) is 0 Å². The molecule has 0 atom stereocenters. The maximum absolute atomic E-state index is 10.6. The average molecular weight is 259 g/mol. The third kappa shape index (κ3) is 4.48. The average Bonchev–Trinajstić information content (AvgIpc) is 2.36. The fourth-order valence-corrected chi connectivity index (χ4v) is 1.92. The van der Waals surface area contributed by atoms with E-state index in [2.05, 4.69) is 6.92 Å². The molecule has 0 aromatic heterocycles. The van der Waals surface area contributed by atoms with Gasteiger partial charge in [0.05, 0.1) is 0 Å². The van der Waals surface area contributed by atoms with Gasteiger partial charge in [0.2, 0.25) is 0 Å². The number of allylic oxidation sites excluding steroid dienone is 2. The molecule has 1 rings (SSSR count). The largest absolute Gasteiger partial charge is 0.477 e. The minimum Gasteiger partial charge on any atom is -0.477 e. The van der Waals surface area contributed by atoms with Crippen molar-refractivity contribution < 1.29 is 9.90 Å². The van der Waals surface area contributed by atoms with Crippen molar-refractivity contribution in [2.24, 2.45) is 0 Å². The van der Waals surface area contributed by atoms with E-state index in [4.69, 9.17) is 10.4 Å². The van der Waals surface area contributed by atoms with Gasteiger partial charge in [-0.05, 0) is 29.5 Å². The van der Waals surface area contributed by atoms with E-state index in [1.807, 2.05) is 24.3 Å². The number of nitriles is 1. The Balaban J connectivity index is 2.73. The molecule has 0 radical (unpaired) electrons. The number of thioether (sulfide) groups is 1. The van der Waals surface area contributed by atoms with Gasteiger partial charge in [-0.3, -0.25) is 0 Å². The Labute approximate surface area is 110 Å². The van der Waals surface area contributed by atoms with Crippen LogP contribution in [0, 0.1) is 11.3 Å². The molecule has 0 saturated heterocycles. The molecule has 0 unspecified atom stereocenters. The first-order chi connectivity index (χ1) is 8.67. The molecule has 0 aliphatic rings. The van der Waals surface area contributed by atoms with Crippen LogP contribution in [0.3, 0.4) is 0 Å². The highest BCUT2D eigenvalue weighted by molar-refractivity contribution is 7.99. The number of benzene rings is 1. The first kappa shape index (κ1) is 14.1. The number of nitrogens with zero attached hydrogens (tertiary/aromatic N) is 1.